The Bertz CT molecular complexity index is 643. The van der Waals surface area contributed by atoms with Gasteiger partial charge in [-0.25, -0.2) is 4.99 Å². The molecule has 2 aromatic rings. The van der Waals surface area contributed by atoms with E-state index in [0.717, 1.165) is 31.0 Å². The first kappa shape index (κ1) is 21.4. The molecule has 1 aromatic heterocycles. The lowest BCUT2D eigenvalue weighted by atomic mass is 10.1. The number of nitrogens with zero attached hydrogens (tertiary/aromatic N) is 2. The third-order valence-corrected chi connectivity index (χ3v) is 3.94. The molecular formula is C20H29IN4. The summed E-state index contributed by atoms with van der Waals surface area (Å²) in [5, 5.41) is 6.80. The van der Waals surface area contributed by atoms with Crippen LogP contribution >= 0.6 is 24.0 Å². The molecule has 5 heteroatoms. The van der Waals surface area contributed by atoms with E-state index in [4.69, 9.17) is 0 Å². The van der Waals surface area contributed by atoms with E-state index in [9.17, 15) is 0 Å². The molecule has 1 atom stereocenters. The van der Waals surface area contributed by atoms with Crippen molar-refractivity contribution in [3.8, 4) is 0 Å². The number of hydrogen-bond donors (Lipinski definition) is 2. The molecular weight excluding hydrogens is 423 g/mol. The van der Waals surface area contributed by atoms with Gasteiger partial charge in [0.15, 0.2) is 5.96 Å². The molecule has 0 aliphatic rings. The smallest absolute Gasteiger partial charge is 0.191 e. The van der Waals surface area contributed by atoms with Crippen molar-refractivity contribution in [3.05, 3.63) is 65.5 Å². The zero-order chi connectivity index (χ0) is 17.2. The number of pyridine rings is 1. The number of rotatable bonds is 7. The SMILES string of the molecule is CCNC(=NCc1ncccc1C)NC(C)CCc1ccccc1.I. The van der Waals surface area contributed by atoms with E-state index >= 15 is 0 Å². The highest BCUT2D eigenvalue weighted by Gasteiger charge is 2.06. The van der Waals surface area contributed by atoms with Gasteiger partial charge in [-0.2, -0.15) is 0 Å². The first-order valence-electron chi connectivity index (χ1n) is 8.68. The van der Waals surface area contributed by atoms with Crippen molar-refractivity contribution < 1.29 is 0 Å². The van der Waals surface area contributed by atoms with Gasteiger partial charge in [0.05, 0.1) is 12.2 Å². The van der Waals surface area contributed by atoms with Crippen LogP contribution in [-0.2, 0) is 13.0 Å². The van der Waals surface area contributed by atoms with E-state index in [1.807, 2.05) is 12.3 Å². The fourth-order valence-electron chi connectivity index (χ4n) is 2.49. The standard InChI is InChI=1S/C20H28N4.HI/c1-4-21-20(23-15-19-16(2)9-8-14-22-19)24-17(3)12-13-18-10-6-5-7-11-18;/h5-11,14,17H,4,12-13,15H2,1-3H3,(H2,21,23,24);1H. The van der Waals surface area contributed by atoms with Gasteiger partial charge in [0.2, 0.25) is 0 Å². The fraction of sp³-hybridized carbons (Fsp3) is 0.400. The number of nitrogens with one attached hydrogen (secondary N) is 2. The normalized spacial score (nSPS) is 12.2. The molecule has 0 radical (unpaired) electrons. The number of aromatic nitrogens is 1. The summed E-state index contributed by atoms with van der Waals surface area (Å²) in [7, 11) is 0. The van der Waals surface area contributed by atoms with Crippen LogP contribution in [-0.4, -0.2) is 23.5 Å². The maximum atomic E-state index is 4.67. The Hall–Kier alpha value is -1.63. The molecule has 1 unspecified atom stereocenters. The molecule has 0 fully saturated rings. The average Bonchev–Trinajstić information content (AvgIpc) is 2.60. The highest BCUT2D eigenvalue weighted by Crippen LogP contribution is 2.06. The van der Waals surface area contributed by atoms with E-state index in [0.29, 0.717) is 12.6 Å². The Kier molecular flexibility index (Phi) is 10.1. The van der Waals surface area contributed by atoms with Gasteiger partial charge in [-0.1, -0.05) is 36.4 Å². The molecule has 1 heterocycles. The molecule has 0 saturated carbocycles. The van der Waals surface area contributed by atoms with Crippen LogP contribution in [0.25, 0.3) is 0 Å². The van der Waals surface area contributed by atoms with Crippen molar-refractivity contribution in [1.82, 2.24) is 15.6 Å². The summed E-state index contributed by atoms with van der Waals surface area (Å²) >= 11 is 0. The number of hydrogen-bond acceptors (Lipinski definition) is 2. The van der Waals surface area contributed by atoms with Crippen LogP contribution in [0.15, 0.2) is 53.7 Å². The molecule has 136 valence electrons. The van der Waals surface area contributed by atoms with Crippen LogP contribution in [0.4, 0.5) is 0 Å². The van der Waals surface area contributed by atoms with E-state index in [1.165, 1.54) is 11.1 Å². The van der Waals surface area contributed by atoms with Crippen LogP contribution < -0.4 is 10.6 Å². The molecule has 0 aliphatic heterocycles. The lowest BCUT2D eigenvalue weighted by molar-refractivity contribution is 0.593. The monoisotopic (exact) mass is 452 g/mol. The Balaban J connectivity index is 0.00000312. The predicted octanol–water partition coefficient (Wildman–Crippen LogP) is 4.08. The first-order chi connectivity index (χ1) is 11.7. The molecule has 2 rings (SSSR count). The van der Waals surface area contributed by atoms with Crippen molar-refractivity contribution in [2.75, 3.05) is 6.54 Å². The van der Waals surface area contributed by atoms with Gasteiger partial charge >= 0.3 is 0 Å². The largest absolute Gasteiger partial charge is 0.357 e. The van der Waals surface area contributed by atoms with E-state index in [1.54, 1.807) is 0 Å². The average molecular weight is 452 g/mol. The molecule has 25 heavy (non-hydrogen) atoms. The van der Waals surface area contributed by atoms with Crippen molar-refractivity contribution in [1.29, 1.82) is 0 Å². The molecule has 0 saturated heterocycles. The maximum Gasteiger partial charge on any atom is 0.191 e. The van der Waals surface area contributed by atoms with Gasteiger partial charge in [0.25, 0.3) is 0 Å². The summed E-state index contributed by atoms with van der Waals surface area (Å²) in [4.78, 5) is 9.07. The molecule has 0 bridgehead atoms. The van der Waals surface area contributed by atoms with Gasteiger partial charge in [-0.05, 0) is 50.8 Å². The minimum atomic E-state index is 0. The summed E-state index contributed by atoms with van der Waals surface area (Å²) in [6, 6.07) is 15.0. The van der Waals surface area contributed by atoms with Gasteiger partial charge in [-0.3, -0.25) is 4.98 Å². The molecule has 0 spiro atoms. The zero-order valence-corrected chi connectivity index (χ0v) is 17.7. The fourth-order valence-corrected chi connectivity index (χ4v) is 2.49. The van der Waals surface area contributed by atoms with Crippen LogP contribution in [0, 0.1) is 6.92 Å². The summed E-state index contributed by atoms with van der Waals surface area (Å²) in [6.45, 7) is 7.78. The lowest BCUT2D eigenvalue weighted by Crippen LogP contribution is -2.42. The topological polar surface area (TPSA) is 49.3 Å². The van der Waals surface area contributed by atoms with Crippen molar-refractivity contribution >= 4 is 29.9 Å². The van der Waals surface area contributed by atoms with Gasteiger partial charge < -0.3 is 10.6 Å². The maximum absolute atomic E-state index is 4.67. The summed E-state index contributed by atoms with van der Waals surface area (Å²) < 4.78 is 0. The van der Waals surface area contributed by atoms with Gasteiger partial charge in [-0.15, -0.1) is 24.0 Å². The molecule has 4 nitrogen and oxygen atoms in total. The highest BCUT2D eigenvalue weighted by molar-refractivity contribution is 14.0. The number of halogens is 1. The first-order valence-corrected chi connectivity index (χ1v) is 8.68. The highest BCUT2D eigenvalue weighted by atomic mass is 127. The second-order valence-corrected chi connectivity index (χ2v) is 6.03. The number of guanidine groups is 1. The summed E-state index contributed by atoms with van der Waals surface area (Å²) in [5.41, 5.74) is 3.57. The number of aliphatic imine (C=N–C) groups is 1. The molecule has 2 N–H and O–H groups in total. The van der Waals surface area contributed by atoms with Gasteiger partial charge in [0, 0.05) is 18.8 Å². The summed E-state index contributed by atoms with van der Waals surface area (Å²) in [5.74, 6) is 0.850. The zero-order valence-electron chi connectivity index (χ0n) is 15.3. The van der Waals surface area contributed by atoms with Crippen molar-refractivity contribution in [2.45, 2.75) is 46.2 Å². The second kappa shape index (κ2) is 11.8. The number of aryl methyl sites for hydroxylation is 2. The second-order valence-electron chi connectivity index (χ2n) is 6.03. The Morgan fingerprint density at radius 3 is 2.60 bits per heavy atom. The Morgan fingerprint density at radius 2 is 1.92 bits per heavy atom. The van der Waals surface area contributed by atoms with E-state index < -0.39 is 0 Å². The summed E-state index contributed by atoms with van der Waals surface area (Å²) in [6.07, 6.45) is 3.95. The number of benzene rings is 1. The molecule has 0 amide bonds. The van der Waals surface area contributed by atoms with Crippen molar-refractivity contribution in [2.24, 2.45) is 4.99 Å². The van der Waals surface area contributed by atoms with Crippen molar-refractivity contribution in [3.63, 3.8) is 0 Å². The van der Waals surface area contributed by atoms with E-state index in [2.05, 4.69) is 77.8 Å². The third-order valence-electron chi connectivity index (χ3n) is 3.94. The van der Waals surface area contributed by atoms with Crippen LogP contribution in [0.1, 0.15) is 37.1 Å². The third kappa shape index (κ3) is 7.86. The Labute approximate surface area is 168 Å². The Morgan fingerprint density at radius 1 is 1.16 bits per heavy atom. The minimum Gasteiger partial charge on any atom is -0.357 e. The van der Waals surface area contributed by atoms with Crippen LogP contribution in [0.5, 0.6) is 0 Å². The molecule has 0 aliphatic carbocycles. The van der Waals surface area contributed by atoms with Crippen LogP contribution in [0.3, 0.4) is 0 Å². The van der Waals surface area contributed by atoms with Gasteiger partial charge in [0.1, 0.15) is 0 Å². The molecule has 1 aromatic carbocycles. The minimum absolute atomic E-state index is 0. The lowest BCUT2D eigenvalue weighted by Gasteiger charge is -2.18. The predicted molar refractivity (Wildman–Crippen MR) is 117 cm³/mol. The quantitative estimate of drug-likeness (QED) is 0.378. The van der Waals surface area contributed by atoms with Crippen LogP contribution in [0.2, 0.25) is 0 Å². The van der Waals surface area contributed by atoms with E-state index in [-0.39, 0.29) is 24.0 Å².